The molecule has 100 valence electrons. The van der Waals surface area contributed by atoms with Gasteiger partial charge in [-0.1, -0.05) is 0 Å². The summed E-state index contributed by atoms with van der Waals surface area (Å²) in [7, 11) is 3.25. The molecule has 0 spiro atoms. The highest BCUT2D eigenvalue weighted by Gasteiger charge is 2.13. The molecule has 2 aromatic rings. The molecule has 5 heteroatoms. The van der Waals surface area contributed by atoms with Crippen LogP contribution < -0.4 is 14.8 Å². The Kier molecular flexibility index (Phi) is 4.18. The predicted octanol–water partition coefficient (Wildman–Crippen LogP) is 2.59. The maximum Gasteiger partial charge on any atom is 0.152 e. The van der Waals surface area contributed by atoms with Gasteiger partial charge in [-0.25, -0.2) is 4.98 Å². The van der Waals surface area contributed by atoms with Crippen LogP contribution in [0.1, 0.15) is 6.92 Å². The predicted molar refractivity (Wildman–Crippen MR) is 74.7 cm³/mol. The second-order valence-corrected chi connectivity index (χ2v) is 3.85. The van der Waals surface area contributed by atoms with Gasteiger partial charge in [0.2, 0.25) is 0 Å². The molecule has 1 heterocycles. The summed E-state index contributed by atoms with van der Waals surface area (Å²) in [5, 5.41) is 3.19. The van der Waals surface area contributed by atoms with Crippen molar-refractivity contribution in [2.45, 2.75) is 6.92 Å². The van der Waals surface area contributed by atoms with Crippen LogP contribution in [0.5, 0.6) is 11.5 Å². The van der Waals surface area contributed by atoms with E-state index in [2.05, 4.69) is 15.3 Å². The highest BCUT2D eigenvalue weighted by molar-refractivity contribution is 5.76. The van der Waals surface area contributed by atoms with E-state index in [1.807, 2.05) is 25.1 Å². The van der Waals surface area contributed by atoms with Crippen molar-refractivity contribution in [2.75, 3.05) is 26.1 Å². The molecule has 0 amide bonds. The molecule has 0 bridgehead atoms. The van der Waals surface area contributed by atoms with Gasteiger partial charge in [-0.15, -0.1) is 0 Å². The SMILES string of the molecule is CCNc1nccnc1-c1ccc(OC)cc1OC. The lowest BCUT2D eigenvalue weighted by atomic mass is 10.1. The van der Waals surface area contributed by atoms with Crippen LogP contribution in [0.2, 0.25) is 0 Å². The first-order chi connectivity index (χ1) is 9.30. The summed E-state index contributed by atoms with van der Waals surface area (Å²) in [5.74, 6) is 2.20. The largest absolute Gasteiger partial charge is 0.497 e. The third-order valence-corrected chi connectivity index (χ3v) is 2.71. The number of nitrogens with zero attached hydrogens (tertiary/aromatic N) is 2. The summed E-state index contributed by atoms with van der Waals surface area (Å²) >= 11 is 0. The lowest BCUT2D eigenvalue weighted by Crippen LogP contribution is -2.03. The van der Waals surface area contributed by atoms with Gasteiger partial charge in [0.1, 0.15) is 17.2 Å². The fourth-order valence-electron chi connectivity index (χ4n) is 1.83. The lowest BCUT2D eigenvalue weighted by Gasteiger charge is -2.12. The Labute approximate surface area is 112 Å². The maximum absolute atomic E-state index is 5.40. The van der Waals surface area contributed by atoms with Crippen LogP contribution in [-0.2, 0) is 0 Å². The van der Waals surface area contributed by atoms with E-state index in [0.29, 0.717) is 5.75 Å². The third-order valence-electron chi connectivity index (χ3n) is 2.71. The van der Waals surface area contributed by atoms with Crippen LogP contribution >= 0.6 is 0 Å². The summed E-state index contributed by atoms with van der Waals surface area (Å²) in [6.07, 6.45) is 3.33. The van der Waals surface area contributed by atoms with E-state index < -0.39 is 0 Å². The first kappa shape index (κ1) is 13.1. The summed E-state index contributed by atoms with van der Waals surface area (Å²) in [6.45, 7) is 2.80. The number of rotatable bonds is 5. The Balaban J connectivity index is 2.52. The van der Waals surface area contributed by atoms with Gasteiger partial charge in [-0.05, 0) is 19.1 Å². The minimum atomic E-state index is 0.707. The Morgan fingerprint density at radius 2 is 1.89 bits per heavy atom. The van der Waals surface area contributed by atoms with Crippen molar-refractivity contribution in [1.29, 1.82) is 0 Å². The molecule has 0 fully saturated rings. The molecule has 0 saturated heterocycles. The summed E-state index contributed by atoms with van der Waals surface area (Å²) in [5.41, 5.74) is 1.65. The molecule has 19 heavy (non-hydrogen) atoms. The summed E-state index contributed by atoms with van der Waals surface area (Å²) in [6, 6.07) is 5.63. The van der Waals surface area contributed by atoms with Crippen LogP contribution in [0.3, 0.4) is 0 Å². The monoisotopic (exact) mass is 259 g/mol. The Hall–Kier alpha value is -2.30. The molecule has 0 aliphatic rings. The van der Waals surface area contributed by atoms with E-state index in [4.69, 9.17) is 9.47 Å². The Morgan fingerprint density at radius 1 is 1.11 bits per heavy atom. The van der Waals surface area contributed by atoms with Gasteiger partial charge in [0.25, 0.3) is 0 Å². The fraction of sp³-hybridized carbons (Fsp3) is 0.286. The van der Waals surface area contributed by atoms with E-state index in [1.54, 1.807) is 26.6 Å². The zero-order chi connectivity index (χ0) is 13.7. The van der Waals surface area contributed by atoms with E-state index in [0.717, 1.165) is 29.4 Å². The third kappa shape index (κ3) is 2.76. The van der Waals surface area contributed by atoms with Crippen LogP contribution in [0.25, 0.3) is 11.3 Å². The summed E-state index contributed by atoms with van der Waals surface area (Å²) < 4.78 is 10.6. The van der Waals surface area contributed by atoms with E-state index in [-0.39, 0.29) is 0 Å². The lowest BCUT2D eigenvalue weighted by molar-refractivity contribution is 0.395. The quantitative estimate of drug-likeness (QED) is 0.894. The smallest absolute Gasteiger partial charge is 0.152 e. The van der Waals surface area contributed by atoms with Crippen LogP contribution in [0.15, 0.2) is 30.6 Å². The van der Waals surface area contributed by atoms with Gasteiger partial charge >= 0.3 is 0 Å². The molecule has 1 aromatic heterocycles. The molecule has 1 N–H and O–H groups in total. The average Bonchev–Trinajstić information content (AvgIpc) is 2.47. The molecular weight excluding hydrogens is 242 g/mol. The Morgan fingerprint density at radius 3 is 2.58 bits per heavy atom. The van der Waals surface area contributed by atoms with Crippen molar-refractivity contribution in [3.05, 3.63) is 30.6 Å². The van der Waals surface area contributed by atoms with Gasteiger partial charge in [-0.2, -0.15) is 0 Å². The molecule has 0 saturated carbocycles. The number of aromatic nitrogens is 2. The average molecular weight is 259 g/mol. The zero-order valence-corrected chi connectivity index (χ0v) is 11.3. The second-order valence-electron chi connectivity index (χ2n) is 3.85. The maximum atomic E-state index is 5.40. The number of benzene rings is 1. The van der Waals surface area contributed by atoms with Gasteiger partial charge in [-0.3, -0.25) is 4.98 Å². The van der Waals surface area contributed by atoms with Crippen molar-refractivity contribution in [3.63, 3.8) is 0 Å². The minimum Gasteiger partial charge on any atom is -0.497 e. The van der Waals surface area contributed by atoms with Crippen molar-refractivity contribution in [3.8, 4) is 22.8 Å². The number of nitrogens with one attached hydrogen (secondary N) is 1. The van der Waals surface area contributed by atoms with Gasteiger partial charge in [0.05, 0.1) is 14.2 Å². The normalized spacial score (nSPS) is 10.1. The van der Waals surface area contributed by atoms with Gasteiger partial charge in [0, 0.05) is 30.6 Å². The number of hydrogen-bond acceptors (Lipinski definition) is 5. The number of ether oxygens (including phenoxy) is 2. The standard InChI is InChI=1S/C14H17N3O2/c1-4-15-14-13(16-7-8-17-14)11-6-5-10(18-2)9-12(11)19-3/h5-9H,4H2,1-3H3,(H,15,17). The molecule has 0 unspecified atom stereocenters. The van der Waals surface area contributed by atoms with Crippen molar-refractivity contribution in [1.82, 2.24) is 9.97 Å². The van der Waals surface area contributed by atoms with Crippen LogP contribution in [-0.4, -0.2) is 30.7 Å². The van der Waals surface area contributed by atoms with Gasteiger partial charge < -0.3 is 14.8 Å². The van der Waals surface area contributed by atoms with E-state index in [9.17, 15) is 0 Å². The second kappa shape index (κ2) is 6.04. The highest BCUT2D eigenvalue weighted by Crippen LogP contribution is 2.34. The highest BCUT2D eigenvalue weighted by atomic mass is 16.5. The first-order valence-corrected chi connectivity index (χ1v) is 6.07. The number of hydrogen-bond donors (Lipinski definition) is 1. The van der Waals surface area contributed by atoms with E-state index in [1.165, 1.54) is 0 Å². The number of methoxy groups -OCH3 is 2. The van der Waals surface area contributed by atoms with Crippen LogP contribution in [0, 0.1) is 0 Å². The first-order valence-electron chi connectivity index (χ1n) is 6.07. The molecule has 2 rings (SSSR count). The van der Waals surface area contributed by atoms with Crippen LogP contribution in [0.4, 0.5) is 5.82 Å². The Bertz CT molecular complexity index is 558. The van der Waals surface area contributed by atoms with Gasteiger partial charge in [0.15, 0.2) is 5.82 Å². The van der Waals surface area contributed by atoms with Crippen molar-refractivity contribution >= 4 is 5.82 Å². The van der Waals surface area contributed by atoms with E-state index >= 15 is 0 Å². The molecule has 0 atom stereocenters. The van der Waals surface area contributed by atoms with Crippen molar-refractivity contribution in [2.24, 2.45) is 0 Å². The molecular formula is C14H17N3O2. The fourth-order valence-corrected chi connectivity index (χ4v) is 1.83. The number of anilines is 1. The molecule has 0 radical (unpaired) electrons. The summed E-state index contributed by atoms with van der Waals surface area (Å²) in [4.78, 5) is 8.69. The molecule has 0 aliphatic carbocycles. The molecule has 1 aromatic carbocycles. The zero-order valence-electron chi connectivity index (χ0n) is 11.3. The molecule has 0 aliphatic heterocycles. The topological polar surface area (TPSA) is 56.3 Å². The molecule has 5 nitrogen and oxygen atoms in total. The van der Waals surface area contributed by atoms with Crippen molar-refractivity contribution < 1.29 is 9.47 Å². The minimum absolute atomic E-state index is 0.707.